The van der Waals surface area contributed by atoms with Crippen LogP contribution in [0.15, 0.2) is 0 Å². The molecule has 0 aliphatic carbocycles. The summed E-state index contributed by atoms with van der Waals surface area (Å²) in [7, 11) is 1.83. The third-order valence-electron chi connectivity index (χ3n) is 2.04. The van der Waals surface area contributed by atoms with Crippen molar-refractivity contribution >= 4 is 11.8 Å². The largest absolute Gasteiger partial charge is 0.380 e. The number of hydrogen-bond acceptors (Lipinski definition) is 2. The lowest BCUT2D eigenvalue weighted by Crippen LogP contribution is -2.24. The van der Waals surface area contributed by atoms with E-state index < -0.39 is 0 Å². The van der Waals surface area contributed by atoms with Gasteiger partial charge in [0.25, 0.3) is 0 Å². The van der Waals surface area contributed by atoms with Crippen molar-refractivity contribution in [2.24, 2.45) is 5.92 Å². The van der Waals surface area contributed by atoms with Gasteiger partial charge in [0.05, 0.1) is 6.10 Å². The molecule has 0 radical (unpaired) electrons. The molecule has 0 aromatic heterocycles. The number of hydrogen-bond donors (Lipinski definition) is 0. The maximum absolute atomic E-state index is 5.36. The lowest BCUT2D eigenvalue weighted by molar-refractivity contribution is 0.0941. The summed E-state index contributed by atoms with van der Waals surface area (Å²) in [5.74, 6) is 2.04. The van der Waals surface area contributed by atoms with E-state index in [0.717, 1.165) is 11.2 Å². The van der Waals surface area contributed by atoms with Gasteiger partial charge in [-0.1, -0.05) is 13.8 Å². The first-order valence-corrected chi connectivity index (χ1v) is 4.95. The van der Waals surface area contributed by atoms with E-state index in [9.17, 15) is 0 Å². The lowest BCUT2D eigenvalue weighted by Gasteiger charge is -2.20. The van der Waals surface area contributed by atoms with Gasteiger partial charge in [0, 0.05) is 12.4 Å². The minimum absolute atomic E-state index is 0.519. The summed E-state index contributed by atoms with van der Waals surface area (Å²) in [4.78, 5) is 0. The molecule has 10 heavy (non-hydrogen) atoms. The molecule has 1 nitrogen and oxygen atoms in total. The zero-order valence-corrected chi connectivity index (χ0v) is 7.78. The highest BCUT2D eigenvalue weighted by Gasteiger charge is 2.29. The standard InChI is InChI=1S/C8H16OS/c1-6(2)8-7(9-3)4-5-10-8/h6-8H,4-5H2,1-3H3/t7-,8-/m0/s1. The molecule has 0 unspecified atom stereocenters. The van der Waals surface area contributed by atoms with Gasteiger partial charge in [0.1, 0.15) is 0 Å². The van der Waals surface area contributed by atoms with E-state index in [1.807, 2.05) is 7.11 Å². The van der Waals surface area contributed by atoms with E-state index in [1.165, 1.54) is 12.2 Å². The predicted octanol–water partition coefficient (Wildman–Crippen LogP) is 2.16. The molecule has 1 aliphatic heterocycles. The zero-order valence-electron chi connectivity index (χ0n) is 6.96. The summed E-state index contributed by atoms with van der Waals surface area (Å²) >= 11 is 2.06. The Hall–Kier alpha value is 0.310. The van der Waals surface area contributed by atoms with Crippen LogP contribution in [0.4, 0.5) is 0 Å². The fourth-order valence-corrected chi connectivity index (χ4v) is 2.95. The Morgan fingerprint density at radius 2 is 2.20 bits per heavy atom. The Morgan fingerprint density at radius 1 is 1.50 bits per heavy atom. The molecule has 1 heterocycles. The van der Waals surface area contributed by atoms with Crippen LogP contribution in [-0.2, 0) is 4.74 Å². The maximum Gasteiger partial charge on any atom is 0.0700 e. The molecule has 1 rings (SSSR count). The summed E-state index contributed by atoms with van der Waals surface area (Å²) in [5.41, 5.74) is 0. The van der Waals surface area contributed by atoms with E-state index >= 15 is 0 Å². The van der Waals surface area contributed by atoms with Gasteiger partial charge in [-0.2, -0.15) is 11.8 Å². The van der Waals surface area contributed by atoms with Crippen molar-refractivity contribution in [1.82, 2.24) is 0 Å². The van der Waals surface area contributed by atoms with Crippen molar-refractivity contribution in [3.8, 4) is 0 Å². The second kappa shape index (κ2) is 3.63. The molecule has 1 aliphatic rings. The molecule has 0 N–H and O–H groups in total. The predicted molar refractivity (Wildman–Crippen MR) is 46.5 cm³/mol. The van der Waals surface area contributed by atoms with E-state index in [0.29, 0.717) is 6.10 Å². The average Bonchev–Trinajstić information content (AvgIpc) is 2.33. The van der Waals surface area contributed by atoms with Crippen LogP contribution >= 0.6 is 11.8 Å². The number of rotatable bonds is 2. The molecule has 2 atom stereocenters. The summed E-state index contributed by atoms with van der Waals surface area (Å²) < 4.78 is 5.36. The van der Waals surface area contributed by atoms with Crippen molar-refractivity contribution in [2.75, 3.05) is 12.9 Å². The van der Waals surface area contributed by atoms with Crippen LogP contribution in [0.1, 0.15) is 20.3 Å². The highest BCUT2D eigenvalue weighted by Crippen LogP contribution is 2.33. The Balaban J connectivity index is 2.42. The Morgan fingerprint density at radius 3 is 2.60 bits per heavy atom. The Kier molecular flexibility index (Phi) is 3.05. The first-order chi connectivity index (χ1) is 4.75. The van der Waals surface area contributed by atoms with Gasteiger partial charge < -0.3 is 4.74 Å². The van der Waals surface area contributed by atoms with Crippen molar-refractivity contribution in [1.29, 1.82) is 0 Å². The zero-order chi connectivity index (χ0) is 7.56. The quantitative estimate of drug-likeness (QED) is 0.612. The molecule has 1 fully saturated rings. The van der Waals surface area contributed by atoms with Gasteiger partial charge in [-0.15, -0.1) is 0 Å². The number of ether oxygens (including phenoxy) is 1. The molecule has 0 amide bonds. The molecule has 1 saturated heterocycles. The fourth-order valence-electron chi connectivity index (χ4n) is 1.47. The van der Waals surface area contributed by atoms with Crippen LogP contribution in [0.2, 0.25) is 0 Å². The average molecular weight is 160 g/mol. The topological polar surface area (TPSA) is 9.23 Å². The van der Waals surface area contributed by atoms with Crippen molar-refractivity contribution in [3.05, 3.63) is 0 Å². The third-order valence-corrected chi connectivity index (χ3v) is 3.74. The lowest BCUT2D eigenvalue weighted by atomic mass is 10.0. The summed E-state index contributed by atoms with van der Waals surface area (Å²) in [6, 6.07) is 0. The van der Waals surface area contributed by atoms with Gasteiger partial charge in [-0.25, -0.2) is 0 Å². The molecule has 0 saturated carbocycles. The Labute approximate surface area is 67.5 Å². The second-order valence-electron chi connectivity index (χ2n) is 3.14. The molecule has 0 aromatic rings. The minimum atomic E-state index is 0.519. The first-order valence-electron chi connectivity index (χ1n) is 3.90. The molecule has 60 valence electrons. The molecule has 2 heteroatoms. The summed E-state index contributed by atoms with van der Waals surface area (Å²) in [6.45, 7) is 4.55. The first kappa shape index (κ1) is 8.41. The van der Waals surface area contributed by atoms with Gasteiger partial charge >= 0.3 is 0 Å². The van der Waals surface area contributed by atoms with Crippen molar-refractivity contribution < 1.29 is 4.74 Å². The normalized spacial score (nSPS) is 33.6. The summed E-state index contributed by atoms with van der Waals surface area (Å²) in [5, 5.41) is 0.741. The van der Waals surface area contributed by atoms with E-state index in [-0.39, 0.29) is 0 Å². The molecule has 0 spiro atoms. The van der Waals surface area contributed by atoms with Crippen LogP contribution in [0.3, 0.4) is 0 Å². The van der Waals surface area contributed by atoms with E-state index in [2.05, 4.69) is 25.6 Å². The smallest absolute Gasteiger partial charge is 0.0700 e. The van der Waals surface area contributed by atoms with Gasteiger partial charge in [0.15, 0.2) is 0 Å². The highest BCUT2D eigenvalue weighted by atomic mass is 32.2. The van der Waals surface area contributed by atoms with E-state index in [1.54, 1.807) is 0 Å². The maximum atomic E-state index is 5.36. The second-order valence-corrected chi connectivity index (χ2v) is 4.43. The minimum Gasteiger partial charge on any atom is -0.380 e. The third kappa shape index (κ3) is 1.67. The van der Waals surface area contributed by atoms with Crippen LogP contribution < -0.4 is 0 Å². The fraction of sp³-hybridized carbons (Fsp3) is 1.00. The van der Waals surface area contributed by atoms with Crippen LogP contribution in [-0.4, -0.2) is 24.2 Å². The van der Waals surface area contributed by atoms with Gasteiger partial charge in [-0.05, 0) is 18.1 Å². The SMILES string of the molecule is CO[C@H]1CCS[C@H]1C(C)C. The van der Waals surface area contributed by atoms with E-state index in [4.69, 9.17) is 4.74 Å². The van der Waals surface area contributed by atoms with Gasteiger partial charge in [-0.3, -0.25) is 0 Å². The molecule has 0 aromatic carbocycles. The molecular weight excluding hydrogens is 144 g/mol. The highest BCUT2D eigenvalue weighted by molar-refractivity contribution is 8.00. The number of methoxy groups -OCH3 is 1. The van der Waals surface area contributed by atoms with Crippen molar-refractivity contribution in [3.63, 3.8) is 0 Å². The molecular formula is C8H16OS. The Bertz CT molecular complexity index is 103. The summed E-state index contributed by atoms with van der Waals surface area (Å²) in [6.07, 6.45) is 1.76. The van der Waals surface area contributed by atoms with Crippen LogP contribution in [0, 0.1) is 5.92 Å². The molecule has 0 bridgehead atoms. The van der Waals surface area contributed by atoms with Gasteiger partial charge in [0.2, 0.25) is 0 Å². The van der Waals surface area contributed by atoms with Crippen LogP contribution in [0.25, 0.3) is 0 Å². The number of thioether (sulfide) groups is 1. The monoisotopic (exact) mass is 160 g/mol. The van der Waals surface area contributed by atoms with Crippen molar-refractivity contribution in [2.45, 2.75) is 31.6 Å². The van der Waals surface area contributed by atoms with Crippen LogP contribution in [0.5, 0.6) is 0 Å².